The summed E-state index contributed by atoms with van der Waals surface area (Å²) in [5.74, 6) is 0. The minimum absolute atomic E-state index is 0.586. The molecule has 0 aliphatic rings. The van der Waals surface area contributed by atoms with Crippen LogP contribution >= 0.6 is 0 Å². The van der Waals surface area contributed by atoms with Crippen LogP contribution in [0, 0.1) is 0 Å². The van der Waals surface area contributed by atoms with E-state index in [0.29, 0.717) is 13.2 Å². The van der Waals surface area contributed by atoms with Gasteiger partial charge in [0.25, 0.3) is 0 Å². The normalized spacial score (nSPS) is 10.8. The van der Waals surface area contributed by atoms with Gasteiger partial charge in [0.2, 0.25) is 0 Å². The van der Waals surface area contributed by atoms with E-state index in [1.54, 1.807) is 9.36 Å². The second-order valence-electron chi connectivity index (χ2n) is 3.54. The quantitative estimate of drug-likeness (QED) is 0.745. The van der Waals surface area contributed by atoms with E-state index < -0.39 is 0 Å². The Bertz CT molecular complexity index is 392. The summed E-state index contributed by atoms with van der Waals surface area (Å²) < 4.78 is 9.06. The van der Waals surface area contributed by atoms with E-state index in [4.69, 9.17) is 4.74 Å². The number of hydrogen-bond acceptors (Lipinski definition) is 3. The first kappa shape index (κ1) is 9.92. The van der Waals surface area contributed by atoms with Crippen LogP contribution in [0.1, 0.15) is 11.1 Å². The zero-order valence-corrected chi connectivity index (χ0v) is 8.92. The Hall–Kier alpha value is -1.62. The van der Waals surface area contributed by atoms with Crippen molar-refractivity contribution in [3.63, 3.8) is 0 Å². The van der Waals surface area contributed by atoms with Crippen LogP contribution in [-0.4, -0.2) is 19.6 Å². The van der Waals surface area contributed by atoms with Gasteiger partial charge >= 0.3 is 0 Å². The Morgan fingerprint density at radius 2 is 1.47 bits per heavy atom. The average molecular weight is 206 g/mol. The van der Waals surface area contributed by atoms with E-state index in [-0.39, 0.29) is 0 Å². The lowest BCUT2D eigenvalue weighted by Gasteiger charge is -1.98. The third kappa shape index (κ3) is 2.66. The van der Waals surface area contributed by atoms with Crippen molar-refractivity contribution in [1.82, 2.24) is 19.6 Å². The number of ether oxygens (including phenoxy) is 1. The highest BCUT2D eigenvalue weighted by Crippen LogP contribution is 2.03. The van der Waals surface area contributed by atoms with Gasteiger partial charge in [-0.15, -0.1) is 0 Å². The molecule has 0 N–H and O–H groups in total. The maximum atomic E-state index is 5.53. The van der Waals surface area contributed by atoms with Crippen LogP contribution < -0.4 is 0 Å². The zero-order valence-electron chi connectivity index (χ0n) is 8.92. The molecule has 0 aliphatic carbocycles. The molecule has 0 fully saturated rings. The number of aryl methyl sites for hydroxylation is 2. The minimum atomic E-state index is 0.586. The molecule has 0 saturated heterocycles. The van der Waals surface area contributed by atoms with Crippen LogP contribution in [0.15, 0.2) is 24.8 Å². The fraction of sp³-hybridized carbons (Fsp3) is 0.400. The molecule has 0 saturated carbocycles. The molecule has 5 heteroatoms. The van der Waals surface area contributed by atoms with Gasteiger partial charge in [0.1, 0.15) is 0 Å². The minimum Gasteiger partial charge on any atom is -0.372 e. The fourth-order valence-electron chi connectivity index (χ4n) is 1.38. The van der Waals surface area contributed by atoms with E-state index in [1.165, 1.54) is 0 Å². The lowest BCUT2D eigenvalue weighted by molar-refractivity contribution is 0.107. The molecule has 2 heterocycles. The predicted molar refractivity (Wildman–Crippen MR) is 54.9 cm³/mol. The first-order chi connectivity index (χ1) is 7.24. The molecule has 80 valence electrons. The van der Waals surface area contributed by atoms with Crippen molar-refractivity contribution < 1.29 is 4.74 Å². The third-order valence-corrected chi connectivity index (χ3v) is 2.05. The van der Waals surface area contributed by atoms with Gasteiger partial charge in [-0.2, -0.15) is 10.2 Å². The Morgan fingerprint density at radius 3 is 1.80 bits per heavy atom. The molecular weight excluding hydrogens is 192 g/mol. The molecular formula is C10H14N4O. The summed E-state index contributed by atoms with van der Waals surface area (Å²) in [5, 5.41) is 8.13. The van der Waals surface area contributed by atoms with Crippen molar-refractivity contribution in [3.8, 4) is 0 Å². The van der Waals surface area contributed by atoms with Gasteiger partial charge in [0.15, 0.2) is 0 Å². The van der Waals surface area contributed by atoms with Crippen LogP contribution in [0.5, 0.6) is 0 Å². The molecule has 0 aliphatic heterocycles. The number of aromatic nitrogens is 4. The summed E-state index contributed by atoms with van der Waals surface area (Å²) >= 11 is 0. The zero-order chi connectivity index (χ0) is 10.7. The van der Waals surface area contributed by atoms with Crippen LogP contribution in [0.25, 0.3) is 0 Å². The van der Waals surface area contributed by atoms with Crippen LogP contribution in [0.3, 0.4) is 0 Å². The average Bonchev–Trinajstić information content (AvgIpc) is 2.76. The summed E-state index contributed by atoms with van der Waals surface area (Å²) in [6.45, 7) is 1.17. The lowest BCUT2D eigenvalue weighted by Crippen LogP contribution is -1.92. The molecule has 2 aromatic heterocycles. The van der Waals surface area contributed by atoms with Gasteiger partial charge < -0.3 is 4.74 Å². The molecule has 0 radical (unpaired) electrons. The lowest BCUT2D eigenvalue weighted by atomic mass is 10.4. The summed E-state index contributed by atoms with van der Waals surface area (Å²) in [6.07, 6.45) is 7.51. The van der Waals surface area contributed by atoms with Gasteiger partial charge in [0.05, 0.1) is 25.6 Å². The summed E-state index contributed by atoms with van der Waals surface area (Å²) in [7, 11) is 3.79. The largest absolute Gasteiger partial charge is 0.372 e. The molecule has 0 amide bonds. The van der Waals surface area contributed by atoms with Gasteiger partial charge in [-0.3, -0.25) is 9.36 Å². The highest BCUT2D eigenvalue weighted by Gasteiger charge is 1.98. The molecule has 0 spiro atoms. The summed E-state index contributed by atoms with van der Waals surface area (Å²) in [6, 6.07) is 0. The molecule has 0 bridgehead atoms. The van der Waals surface area contributed by atoms with Gasteiger partial charge in [-0.05, 0) is 0 Å². The van der Waals surface area contributed by atoms with Crippen LogP contribution in [0.2, 0.25) is 0 Å². The second kappa shape index (κ2) is 4.27. The van der Waals surface area contributed by atoms with Crippen LogP contribution in [0.4, 0.5) is 0 Å². The van der Waals surface area contributed by atoms with E-state index in [2.05, 4.69) is 10.2 Å². The van der Waals surface area contributed by atoms with Crippen molar-refractivity contribution in [2.45, 2.75) is 13.2 Å². The molecule has 2 rings (SSSR count). The molecule has 0 aromatic carbocycles. The predicted octanol–water partition coefficient (Wildman–Crippen LogP) is 0.870. The van der Waals surface area contributed by atoms with Crippen molar-refractivity contribution in [1.29, 1.82) is 0 Å². The van der Waals surface area contributed by atoms with E-state index >= 15 is 0 Å². The molecule has 0 atom stereocenters. The fourth-order valence-corrected chi connectivity index (χ4v) is 1.38. The monoisotopic (exact) mass is 206 g/mol. The number of rotatable bonds is 4. The number of nitrogens with zero attached hydrogens (tertiary/aromatic N) is 4. The summed E-state index contributed by atoms with van der Waals surface area (Å²) in [4.78, 5) is 0. The van der Waals surface area contributed by atoms with E-state index in [0.717, 1.165) is 11.1 Å². The van der Waals surface area contributed by atoms with E-state index in [1.807, 2.05) is 38.9 Å². The Morgan fingerprint density at radius 1 is 1.00 bits per heavy atom. The van der Waals surface area contributed by atoms with Gasteiger partial charge in [-0.25, -0.2) is 0 Å². The smallest absolute Gasteiger partial charge is 0.0752 e. The second-order valence-corrected chi connectivity index (χ2v) is 3.54. The van der Waals surface area contributed by atoms with Crippen molar-refractivity contribution >= 4 is 0 Å². The topological polar surface area (TPSA) is 44.9 Å². The third-order valence-electron chi connectivity index (χ3n) is 2.05. The van der Waals surface area contributed by atoms with Crippen LogP contribution in [-0.2, 0) is 32.0 Å². The maximum absolute atomic E-state index is 5.53. The SMILES string of the molecule is Cn1cc(COCc2cnn(C)c2)cn1. The van der Waals surface area contributed by atoms with E-state index in [9.17, 15) is 0 Å². The van der Waals surface area contributed by atoms with Gasteiger partial charge in [-0.1, -0.05) is 0 Å². The van der Waals surface area contributed by atoms with Crippen molar-refractivity contribution in [2.75, 3.05) is 0 Å². The molecule has 2 aromatic rings. The Balaban J connectivity index is 1.80. The number of hydrogen-bond donors (Lipinski definition) is 0. The molecule has 0 unspecified atom stereocenters. The van der Waals surface area contributed by atoms with Crippen molar-refractivity contribution in [2.24, 2.45) is 14.1 Å². The first-order valence-corrected chi connectivity index (χ1v) is 4.77. The van der Waals surface area contributed by atoms with Crippen molar-refractivity contribution in [3.05, 3.63) is 35.9 Å². The maximum Gasteiger partial charge on any atom is 0.0752 e. The standard InChI is InChI=1S/C10H14N4O/c1-13-5-9(3-11-13)7-15-8-10-4-12-14(2)6-10/h3-6H,7-8H2,1-2H3. The Labute approximate surface area is 88.3 Å². The highest BCUT2D eigenvalue weighted by molar-refractivity contribution is 5.03. The first-order valence-electron chi connectivity index (χ1n) is 4.77. The van der Waals surface area contributed by atoms with Gasteiger partial charge in [0, 0.05) is 37.6 Å². The molecule has 5 nitrogen and oxygen atoms in total. The Kier molecular flexibility index (Phi) is 2.82. The summed E-state index contributed by atoms with van der Waals surface area (Å²) in [5.41, 5.74) is 2.17. The molecule has 15 heavy (non-hydrogen) atoms. The highest BCUT2D eigenvalue weighted by atomic mass is 16.5.